The molecule has 33 heavy (non-hydrogen) atoms. The van der Waals surface area contributed by atoms with Gasteiger partial charge in [0.25, 0.3) is 5.91 Å². The Morgan fingerprint density at radius 2 is 1.82 bits per heavy atom. The lowest BCUT2D eigenvalue weighted by molar-refractivity contribution is -0.127. The maximum atomic E-state index is 13.1. The Morgan fingerprint density at radius 1 is 1.12 bits per heavy atom. The van der Waals surface area contributed by atoms with Crippen molar-refractivity contribution in [3.8, 4) is 0 Å². The molecule has 12 heteroatoms. The number of halogens is 1. The number of benzene rings is 2. The zero-order chi connectivity index (χ0) is 23.8. The van der Waals surface area contributed by atoms with Crippen molar-refractivity contribution < 1.29 is 27.5 Å². The third-order valence-corrected chi connectivity index (χ3v) is 7.46. The van der Waals surface area contributed by atoms with Crippen LogP contribution in [0.2, 0.25) is 5.02 Å². The van der Waals surface area contributed by atoms with Gasteiger partial charge in [0.05, 0.1) is 23.1 Å². The summed E-state index contributed by atoms with van der Waals surface area (Å²) in [4.78, 5) is 40.4. The molecular weight excluding hydrogens is 472 g/mol. The SMILES string of the molecule is NC(=O)C1(c2ccc(N3CCOCC3=O)cc2)CS(=O)(=O)CN1C(=O)Nc1ccccc1Cl. The third-order valence-electron chi connectivity index (χ3n) is 5.63. The number of ether oxygens (including phenoxy) is 1. The number of morpholine rings is 1. The molecule has 2 aliphatic heterocycles. The number of anilines is 2. The van der Waals surface area contributed by atoms with Crippen LogP contribution in [-0.4, -0.2) is 62.6 Å². The van der Waals surface area contributed by atoms with Crippen molar-refractivity contribution in [1.29, 1.82) is 0 Å². The first-order chi connectivity index (χ1) is 15.6. The summed E-state index contributed by atoms with van der Waals surface area (Å²) in [5.41, 5.74) is 4.81. The molecule has 0 aromatic heterocycles. The maximum absolute atomic E-state index is 13.1. The molecule has 0 spiro atoms. The molecule has 2 aromatic carbocycles. The number of amides is 4. The highest BCUT2D eigenvalue weighted by atomic mass is 35.5. The van der Waals surface area contributed by atoms with Crippen molar-refractivity contribution >= 4 is 50.7 Å². The molecule has 0 aliphatic carbocycles. The van der Waals surface area contributed by atoms with E-state index in [1.165, 1.54) is 17.0 Å². The summed E-state index contributed by atoms with van der Waals surface area (Å²) in [6.45, 7) is 0.702. The Balaban J connectivity index is 1.71. The van der Waals surface area contributed by atoms with Crippen LogP contribution in [0.5, 0.6) is 0 Å². The van der Waals surface area contributed by atoms with E-state index in [0.717, 1.165) is 4.90 Å². The summed E-state index contributed by atoms with van der Waals surface area (Å²) >= 11 is 6.10. The number of nitrogens with one attached hydrogen (secondary N) is 1. The van der Waals surface area contributed by atoms with Gasteiger partial charge in [-0.15, -0.1) is 0 Å². The normalized spacial score (nSPS) is 22.3. The van der Waals surface area contributed by atoms with E-state index in [9.17, 15) is 22.8 Å². The van der Waals surface area contributed by atoms with Gasteiger partial charge in [-0.1, -0.05) is 35.9 Å². The van der Waals surface area contributed by atoms with Crippen LogP contribution in [0.3, 0.4) is 0 Å². The van der Waals surface area contributed by atoms with Crippen molar-refractivity contribution in [3.05, 3.63) is 59.1 Å². The van der Waals surface area contributed by atoms with Crippen LogP contribution in [0.25, 0.3) is 0 Å². The first-order valence-corrected chi connectivity index (χ1v) is 12.2. The van der Waals surface area contributed by atoms with E-state index in [1.807, 2.05) is 0 Å². The first kappa shape index (κ1) is 23.0. The van der Waals surface area contributed by atoms with Gasteiger partial charge >= 0.3 is 6.03 Å². The topological polar surface area (TPSA) is 139 Å². The maximum Gasteiger partial charge on any atom is 0.323 e. The van der Waals surface area contributed by atoms with Gasteiger partial charge in [0.2, 0.25) is 5.91 Å². The van der Waals surface area contributed by atoms with Crippen LogP contribution in [0, 0.1) is 0 Å². The van der Waals surface area contributed by atoms with E-state index >= 15 is 0 Å². The van der Waals surface area contributed by atoms with Gasteiger partial charge < -0.3 is 20.7 Å². The second-order valence-electron chi connectivity index (χ2n) is 7.72. The summed E-state index contributed by atoms with van der Waals surface area (Å²) in [6.07, 6.45) is 0. The molecule has 2 fully saturated rings. The number of hydrogen-bond donors (Lipinski definition) is 2. The number of nitrogens with zero attached hydrogens (tertiary/aromatic N) is 2. The molecule has 0 bridgehead atoms. The molecule has 1 atom stereocenters. The van der Waals surface area contributed by atoms with Crippen molar-refractivity contribution in [1.82, 2.24) is 4.90 Å². The smallest absolute Gasteiger partial charge is 0.323 e. The van der Waals surface area contributed by atoms with Gasteiger partial charge in [-0.2, -0.15) is 0 Å². The fraction of sp³-hybridized carbons (Fsp3) is 0.286. The van der Waals surface area contributed by atoms with Gasteiger partial charge in [0.15, 0.2) is 15.4 Å². The lowest BCUT2D eigenvalue weighted by Crippen LogP contribution is -2.56. The van der Waals surface area contributed by atoms with Crippen LogP contribution < -0.4 is 16.0 Å². The van der Waals surface area contributed by atoms with Gasteiger partial charge in [-0.05, 0) is 29.8 Å². The Morgan fingerprint density at radius 3 is 2.45 bits per heavy atom. The monoisotopic (exact) mass is 492 g/mol. The number of carbonyl (C=O) groups excluding carboxylic acids is 3. The highest BCUT2D eigenvalue weighted by Gasteiger charge is 2.56. The number of rotatable bonds is 4. The molecule has 2 saturated heterocycles. The Kier molecular flexibility index (Phi) is 6.04. The number of nitrogens with two attached hydrogens (primary N) is 1. The molecule has 0 saturated carbocycles. The van der Waals surface area contributed by atoms with Crippen LogP contribution in [0.4, 0.5) is 16.2 Å². The van der Waals surface area contributed by atoms with Crippen molar-refractivity contribution in [2.24, 2.45) is 5.73 Å². The minimum Gasteiger partial charge on any atom is -0.370 e. The summed E-state index contributed by atoms with van der Waals surface area (Å²) in [6, 6.07) is 11.8. The van der Waals surface area contributed by atoms with Crippen LogP contribution >= 0.6 is 11.6 Å². The molecule has 2 aromatic rings. The molecule has 1 unspecified atom stereocenters. The van der Waals surface area contributed by atoms with E-state index < -0.39 is 38.9 Å². The second-order valence-corrected chi connectivity index (χ2v) is 10.2. The zero-order valence-corrected chi connectivity index (χ0v) is 18.9. The lowest BCUT2D eigenvalue weighted by Gasteiger charge is -2.35. The minimum atomic E-state index is -3.83. The quantitative estimate of drug-likeness (QED) is 0.659. The Bertz CT molecular complexity index is 1220. The van der Waals surface area contributed by atoms with Crippen molar-refractivity contribution in [3.63, 3.8) is 0 Å². The molecular formula is C21H21ClN4O6S. The molecule has 0 radical (unpaired) electrons. The molecule has 4 rings (SSSR count). The average molecular weight is 493 g/mol. The fourth-order valence-electron chi connectivity index (χ4n) is 4.02. The Labute approximate surface area is 195 Å². The lowest BCUT2D eigenvalue weighted by atomic mass is 9.89. The van der Waals surface area contributed by atoms with Gasteiger partial charge in [0.1, 0.15) is 12.5 Å². The number of hydrogen-bond acceptors (Lipinski definition) is 6. The minimum absolute atomic E-state index is 0.0405. The summed E-state index contributed by atoms with van der Waals surface area (Å²) in [5, 5.41) is 2.80. The van der Waals surface area contributed by atoms with E-state index in [1.54, 1.807) is 36.4 Å². The molecule has 4 amide bonds. The number of urea groups is 1. The second kappa shape index (κ2) is 8.65. The standard InChI is InChI=1S/C21H21ClN4O6S/c22-16-3-1-2-4-17(16)24-20(29)26-13-33(30,31)12-21(26,19(23)28)14-5-7-15(8-6-14)25-9-10-32-11-18(25)27/h1-8H,9-13H2,(H2,23,28)(H,24,29). The van der Waals surface area contributed by atoms with Crippen molar-refractivity contribution in [2.45, 2.75) is 5.54 Å². The summed E-state index contributed by atoms with van der Waals surface area (Å²) in [7, 11) is -3.83. The molecule has 3 N–H and O–H groups in total. The zero-order valence-electron chi connectivity index (χ0n) is 17.4. The highest BCUT2D eigenvalue weighted by molar-refractivity contribution is 7.91. The summed E-state index contributed by atoms with van der Waals surface area (Å²) < 4.78 is 30.3. The van der Waals surface area contributed by atoms with E-state index in [2.05, 4.69) is 5.32 Å². The van der Waals surface area contributed by atoms with E-state index in [-0.39, 0.29) is 28.8 Å². The van der Waals surface area contributed by atoms with Crippen molar-refractivity contribution in [2.75, 3.05) is 41.6 Å². The van der Waals surface area contributed by atoms with Gasteiger partial charge in [-0.3, -0.25) is 14.5 Å². The van der Waals surface area contributed by atoms with E-state index in [0.29, 0.717) is 18.8 Å². The summed E-state index contributed by atoms with van der Waals surface area (Å²) in [5.74, 6) is -2.58. The Hall–Kier alpha value is -3.15. The fourth-order valence-corrected chi connectivity index (χ4v) is 6.13. The third kappa shape index (κ3) is 4.26. The molecule has 10 nitrogen and oxygen atoms in total. The number of carbonyl (C=O) groups is 3. The van der Waals surface area contributed by atoms with Crippen LogP contribution in [0.15, 0.2) is 48.5 Å². The van der Waals surface area contributed by atoms with E-state index in [4.69, 9.17) is 22.1 Å². The average Bonchev–Trinajstić information content (AvgIpc) is 3.09. The molecule has 2 aliphatic rings. The largest absolute Gasteiger partial charge is 0.370 e. The predicted octanol–water partition coefficient (Wildman–Crippen LogP) is 1.30. The predicted molar refractivity (Wildman–Crippen MR) is 121 cm³/mol. The number of primary amides is 1. The molecule has 174 valence electrons. The molecule has 2 heterocycles. The highest BCUT2D eigenvalue weighted by Crippen LogP contribution is 2.38. The number of sulfone groups is 1. The number of para-hydroxylation sites is 1. The van der Waals surface area contributed by atoms with Gasteiger partial charge in [-0.25, -0.2) is 13.2 Å². The van der Waals surface area contributed by atoms with Gasteiger partial charge in [0, 0.05) is 12.2 Å². The first-order valence-electron chi connectivity index (χ1n) is 9.96. The van der Waals surface area contributed by atoms with Crippen LogP contribution in [-0.2, 0) is 29.7 Å². The van der Waals surface area contributed by atoms with Crippen LogP contribution in [0.1, 0.15) is 5.56 Å².